The predicted molar refractivity (Wildman–Crippen MR) is 75.7 cm³/mol. The molecule has 1 aliphatic heterocycles. The highest BCUT2D eigenvalue weighted by molar-refractivity contribution is 7.89. The van der Waals surface area contributed by atoms with Crippen LogP contribution in [0.4, 0.5) is 5.69 Å². The van der Waals surface area contributed by atoms with Crippen molar-refractivity contribution < 1.29 is 18.1 Å². The van der Waals surface area contributed by atoms with Gasteiger partial charge in [0.2, 0.25) is 10.0 Å². The van der Waals surface area contributed by atoms with Gasteiger partial charge in [0.25, 0.3) is 5.69 Å². The summed E-state index contributed by atoms with van der Waals surface area (Å²) in [5, 5.41) is 10.7. The van der Waals surface area contributed by atoms with Gasteiger partial charge in [0, 0.05) is 31.5 Å². The summed E-state index contributed by atoms with van der Waals surface area (Å²) in [5.74, 6) is -0.362. The molecule has 0 radical (unpaired) electrons. The molecule has 2 rings (SSSR count). The number of ketones is 1. The zero-order valence-corrected chi connectivity index (χ0v) is 12.7. The summed E-state index contributed by atoms with van der Waals surface area (Å²) in [7, 11) is -3.87. The van der Waals surface area contributed by atoms with Crippen molar-refractivity contribution in [2.45, 2.75) is 18.2 Å². The normalized spacial score (nSPS) is 20.5. The molecule has 114 valence electrons. The first-order valence-electron chi connectivity index (χ1n) is 6.20. The van der Waals surface area contributed by atoms with Crippen LogP contribution in [0.1, 0.15) is 13.3 Å². The summed E-state index contributed by atoms with van der Waals surface area (Å²) in [6.45, 7) is 1.83. The van der Waals surface area contributed by atoms with Gasteiger partial charge >= 0.3 is 0 Å². The Labute approximate surface area is 126 Å². The van der Waals surface area contributed by atoms with Gasteiger partial charge in [-0.05, 0) is 12.1 Å². The van der Waals surface area contributed by atoms with Crippen molar-refractivity contribution in [3.63, 3.8) is 0 Å². The number of nitrogens with zero attached hydrogens (tertiary/aromatic N) is 2. The zero-order valence-electron chi connectivity index (χ0n) is 11.2. The first kappa shape index (κ1) is 15.9. The van der Waals surface area contributed by atoms with Gasteiger partial charge in [-0.3, -0.25) is 14.9 Å². The average Bonchev–Trinajstić information content (AvgIpc) is 2.41. The van der Waals surface area contributed by atoms with Crippen LogP contribution in [0.25, 0.3) is 0 Å². The molecule has 0 spiro atoms. The summed E-state index contributed by atoms with van der Waals surface area (Å²) < 4.78 is 26.1. The van der Waals surface area contributed by atoms with Crippen molar-refractivity contribution in [2.75, 3.05) is 13.1 Å². The fraction of sp³-hybridized carbons (Fsp3) is 0.417. The van der Waals surface area contributed by atoms with Crippen LogP contribution in [-0.4, -0.2) is 36.5 Å². The number of halogens is 1. The van der Waals surface area contributed by atoms with Crippen molar-refractivity contribution in [2.24, 2.45) is 5.92 Å². The third kappa shape index (κ3) is 3.07. The smallest absolute Gasteiger partial charge is 0.289 e. The van der Waals surface area contributed by atoms with Gasteiger partial charge in [0.1, 0.15) is 10.8 Å². The quantitative estimate of drug-likeness (QED) is 0.621. The van der Waals surface area contributed by atoms with E-state index in [-0.39, 0.29) is 41.1 Å². The first-order chi connectivity index (χ1) is 9.73. The minimum atomic E-state index is -3.87. The maximum Gasteiger partial charge on any atom is 0.289 e. The number of hydrogen-bond acceptors (Lipinski definition) is 5. The lowest BCUT2D eigenvalue weighted by molar-refractivity contribution is -0.384. The van der Waals surface area contributed by atoms with Crippen molar-refractivity contribution in [1.82, 2.24) is 4.31 Å². The Morgan fingerprint density at radius 2 is 2.10 bits per heavy atom. The van der Waals surface area contributed by atoms with Gasteiger partial charge in [0.05, 0.1) is 9.82 Å². The van der Waals surface area contributed by atoms with Crippen molar-refractivity contribution in [3.8, 4) is 0 Å². The number of rotatable bonds is 3. The SMILES string of the molecule is CC1CN(S(=O)(=O)c2ccc(Cl)c([N+](=O)[O-])c2)CCC1=O. The van der Waals surface area contributed by atoms with Crippen LogP contribution in [0.5, 0.6) is 0 Å². The van der Waals surface area contributed by atoms with E-state index in [0.29, 0.717) is 0 Å². The molecule has 1 aromatic rings. The molecular weight excluding hydrogens is 320 g/mol. The number of Topliss-reactive ketones (excluding diaryl/α,β-unsaturated/α-hetero) is 1. The third-order valence-corrected chi connectivity index (χ3v) is 5.57. The van der Waals surface area contributed by atoms with E-state index in [1.54, 1.807) is 6.92 Å². The molecule has 1 heterocycles. The maximum atomic E-state index is 12.5. The standard InChI is InChI=1S/C12H13ClN2O5S/c1-8-7-14(5-4-12(8)16)21(19,20)9-2-3-10(13)11(6-9)15(17)18/h2-3,6,8H,4-5,7H2,1H3. The molecule has 0 amide bonds. The van der Waals surface area contributed by atoms with Crippen LogP contribution >= 0.6 is 11.6 Å². The van der Waals surface area contributed by atoms with Gasteiger partial charge < -0.3 is 0 Å². The van der Waals surface area contributed by atoms with E-state index < -0.39 is 20.6 Å². The number of carbonyl (C=O) groups excluding carboxylic acids is 1. The summed E-state index contributed by atoms with van der Waals surface area (Å²) in [5.41, 5.74) is -0.459. The van der Waals surface area contributed by atoms with E-state index >= 15 is 0 Å². The minimum Gasteiger partial charge on any atom is -0.299 e. The van der Waals surface area contributed by atoms with Crippen molar-refractivity contribution in [3.05, 3.63) is 33.3 Å². The Hall–Kier alpha value is -1.51. The molecule has 1 fully saturated rings. The molecule has 0 aliphatic carbocycles. The number of piperidine rings is 1. The van der Waals surface area contributed by atoms with Gasteiger partial charge in [-0.2, -0.15) is 4.31 Å². The second-order valence-corrected chi connectivity index (χ2v) is 7.20. The van der Waals surface area contributed by atoms with Gasteiger partial charge in [-0.25, -0.2) is 8.42 Å². The lowest BCUT2D eigenvalue weighted by Gasteiger charge is -2.29. The second-order valence-electron chi connectivity index (χ2n) is 4.85. The Morgan fingerprint density at radius 1 is 1.43 bits per heavy atom. The fourth-order valence-corrected chi connectivity index (χ4v) is 3.88. The molecule has 21 heavy (non-hydrogen) atoms. The van der Waals surface area contributed by atoms with Crippen LogP contribution in [0.3, 0.4) is 0 Å². The summed E-state index contributed by atoms with van der Waals surface area (Å²) in [6, 6.07) is 3.36. The van der Waals surface area contributed by atoms with Gasteiger partial charge in [-0.15, -0.1) is 0 Å². The highest BCUT2D eigenvalue weighted by atomic mass is 35.5. The molecule has 0 N–H and O–H groups in total. The third-order valence-electron chi connectivity index (χ3n) is 3.39. The largest absolute Gasteiger partial charge is 0.299 e. The number of benzene rings is 1. The first-order valence-corrected chi connectivity index (χ1v) is 8.02. The predicted octanol–water partition coefficient (Wildman–Crippen LogP) is 1.85. The fourth-order valence-electron chi connectivity index (χ4n) is 2.14. The monoisotopic (exact) mass is 332 g/mol. The summed E-state index contributed by atoms with van der Waals surface area (Å²) in [4.78, 5) is 21.4. The van der Waals surface area contributed by atoms with Crippen LogP contribution in [0, 0.1) is 16.0 Å². The maximum absolute atomic E-state index is 12.5. The van der Waals surface area contributed by atoms with Crippen molar-refractivity contribution in [1.29, 1.82) is 0 Å². The summed E-state index contributed by atoms with van der Waals surface area (Å²) in [6.07, 6.45) is 0.149. The molecule has 0 aromatic heterocycles. The lowest BCUT2D eigenvalue weighted by atomic mass is 10.0. The minimum absolute atomic E-state index is 0.0172. The molecule has 1 unspecified atom stereocenters. The number of carbonyl (C=O) groups is 1. The molecule has 0 bridgehead atoms. The topological polar surface area (TPSA) is 97.6 Å². The number of nitro benzene ring substituents is 1. The van der Waals surface area contributed by atoms with Crippen LogP contribution in [0.15, 0.2) is 23.1 Å². The van der Waals surface area contributed by atoms with E-state index in [9.17, 15) is 23.3 Å². The number of nitro groups is 1. The highest BCUT2D eigenvalue weighted by Crippen LogP contribution is 2.29. The van der Waals surface area contributed by atoms with E-state index in [2.05, 4.69) is 0 Å². The molecule has 7 nitrogen and oxygen atoms in total. The van der Waals surface area contributed by atoms with Gasteiger partial charge in [0.15, 0.2) is 0 Å². The van der Waals surface area contributed by atoms with Gasteiger partial charge in [-0.1, -0.05) is 18.5 Å². The number of hydrogen-bond donors (Lipinski definition) is 0. The average molecular weight is 333 g/mol. The van der Waals surface area contributed by atoms with E-state index in [1.165, 1.54) is 16.4 Å². The molecule has 0 saturated carbocycles. The molecule has 9 heteroatoms. The molecule has 1 aliphatic rings. The molecular formula is C12H13ClN2O5S. The van der Waals surface area contributed by atoms with E-state index in [0.717, 1.165) is 6.07 Å². The van der Waals surface area contributed by atoms with Crippen LogP contribution in [-0.2, 0) is 14.8 Å². The molecule has 1 atom stereocenters. The highest BCUT2D eigenvalue weighted by Gasteiger charge is 2.33. The van der Waals surface area contributed by atoms with E-state index in [1.807, 2.05) is 0 Å². The Kier molecular flexibility index (Phi) is 4.31. The lowest BCUT2D eigenvalue weighted by Crippen LogP contribution is -2.43. The second kappa shape index (κ2) is 5.70. The summed E-state index contributed by atoms with van der Waals surface area (Å²) >= 11 is 5.67. The Morgan fingerprint density at radius 3 is 2.67 bits per heavy atom. The molecule has 1 saturated heterocycles. The van der Waals surface area contributed by atoms with E-state index in [4.69, 9.17) is 11.6 Å². The Balaban J connectivity index is 2.38. The van der Waals surface area contributed by atoms with Crippen LogP contribution < -0.4 is 0 Å². The van der Waals surface area contributed by atoms with Crippen LogP contribution in [0.2, 0.25) is 5.02 Å². The molecule has 1 aromatic carbocycles. The van der Waals surface area contributed by atoms with Crippen molar-refractivity contribution >= 4 is 33.1 Å². The number of sulfonamides is 1. The Bertz CT molecular complexity index is 704. The zero-order chi connectivity index (χ0) is 15.8.